The average Bonchev–Trinajstić information content (AvgIpc) is 3.29. The lowest BCUT2D eigenvalue weighted by Gasteiger charge is -2.05. The Hall–Kier alpha value is -2.37. The molecule has 2 aromatic heterocycles. The quantitative estimate of drug-likeness (QED) is 0.741. The smallest absolute Gasteiger partial charge is 0.229 e. The highest BCUT2D eigenvalue weighted by Crippen LogP contribution is 2.47. The van der Waals surface area contributed by atoms with Crippen LogP contribution in [0, 0.1) is 5.92 Å². The van der Waals surface area contributed by atoms with Crippen LogP contribution in [0.2, 0.25) is 10.0 Å². The summed E-state index contributed by atoms with van der Waals surface area (Å²) in [4.78, 5) is 16.5. The molecule has 0 saturated heterocycles. The number of rotatable bonds is 4. The maximum atomic E-state index is 12.4. The second-order valence-electron chi connectivity index (χ2n) is 5.97. The van der Waals surface area contributed by atoms with Gasteiger partial charge in [-0.3, -0.25) is 9.78 Å². The normalized spacial score (nSPS) is 18.8. The molecule has 1 N–H and O–H groups in total. The highest BCUT2D eigenvalue weighted by molar-refractivity contribution is 6.35. The second-order valence-corrected chi connectivity index (χ2v) is 6.81. The lowest BCUT2D eigenvalue weighted by Crippen LogP contribution is -2.15. The molecule has 7 heteroatoms. The molecule has 2 heterocycles. The first kappa shape index (κ1) is 16.1. The van der Waals surface area contributed by atoms with E-state index in [4.69, 9.17) is 23.2 Å². The maximum Gasteiger partial charge on any atom is 0.229 e. The summed E-state index contributed by atoms with van der Waals surface area (Å²) in [5, 5.41) is 8.28. The van der Waals surface area contributed by atoms with Gasteiger partial charge in [0.15, 0.2) is 5.82 Å². The van der Waals surface area contributed by atoms with Gasteiger partial charge in [0.25, 0.3) is 0 Å². The Morgan fingerprint density at radius 1 is 1.24 bits per heavy atom. The fourth-order valence-electron chi connectivity index (χ4n) is 2.86. The van der Waals surface area contributed by atoms with E-state index in [1.807, 2.05) is 18.3 Å². The number of nitrogens with zero attached hydrogens (tertiary/aromatic N) is 3. The van der Waals surface area contributed by atoms with Crippen LogP contribution in [0.25, 0.3) is 5.69 Å². The molecule has 1 amide bonds. The van der Waals surface area contributed by atoms with Gasteiger partial charge in [0.1, 0.15) is 0 Å². The van der Waals surface area contributed by atoms with Crippen molar-refractivity contribution in [1.82, 2.24) is 14.8 Å². The molecule has 0 radical (unpaired) electrons. The predicted octanol–water partition coefficient (Wildman–Crippen LogP) is 4.32. The molecule has 0 spiro atoms. The highest BCUT2D eigenvalue weighted by Gasteiger charge is 2.44. The number of anilines is 1. The van der Waals surface area contributed by atoms with Gasteiger partial charge in [0.05, 0.1) is 10.7 Å². The highest BCUT2D eigenvalue weighted by atomic mass is 35.5. The van der Waals surface area contributed by atoms with Crippen LogP contribution in [0.5, 0.6) is 0 Å². The Bertz CT molecular complexity index is 926. The standard InChI is InChI=1S/C18H14Cl2N4O/c19-12-3-4-16(15(20)8-12)24-7-5-17(23-24)22-18(25)14-9-13(14)11-2-1-6-21-10-11/h1-8,10,13-14H,9H2,(H,22,23,25)/t13-,14+/m0/s1. The largest absolute Gasteiger partial charge is 0.309 e. The van der Waals surface area contributed by atoms with E-state index in [9.17, 15) is 4.79 Å². The summed E-state index contributed by atoms with van der Waals surface area (Å²) in [6.07, 6.45) is 6.13. The fraction of sp³-hybridized carbons (Fsp3) is 0.167. The Balaban J connectivity index is 1.44. The van der Waals surface area contributed by atoms with Crippen LogP contribution in [0.4, 0.5) is 5.82 Å². The summed E-state index contributed by atoms with van der Waals surface area (Å²) in [5.74, 6) is 0.670. The molecule has 4 rings (SSSR count). The lowest BCUT2D eigenvalue weighted by atomic mass is 10.1. The molecular formula is C18H14Cl2N4O. The minimum absolute atomic E-state index is 0.0266. The maximum absolute atomic E-state index is 12.4. The van der Waals surface area contributed by atoms with Crippen molar-refractivity contribution in [2.45, 2.75) is 12.3 Å². The number of hydrogen-bond donors (Lipinski definition) is 1. The van der Waals surface area contributed by atoms with Crippen molar-refractivity contribution >= 4 is 34.9 Å². The van der Waals surface area contributed by atoms with Gasteiger partial charge < -0.3 is 5.32 Å². The fourth-order valence-corrected chi connectivity index (χ4v) is 3.35. The summed E-state index contributed by atoms with van der Waals surface area (Å²) in [7, 11) is 0. The van der Waals surface area contributed by atoms with Crippen LogP contribution in [0.3, 0.4) is 0 Å². The van der Waals surface area contributed by atoms with Crippen LogP contribution in [-0.4, -0.2) is 20.7 Å². The molecule has 1 saturated carbocycles. The minimum atomic E-state index is -0.0338. The van der Waals surface area contributed by atoms with Crippen molar-refractivity contribution in [3.8, 4) is 5.69 Å². The summed E-state index contributed by atoms with van der Waals surface area (Å²) >= 11 is 12.1. The van der Waals surface area contributed by atoms with E-state index in [1.165, 1.54) is 0 Å². The van der Waals surface area contributed by atoms with E-state index in [-0.39, 0.29) is 17.7 Å². The number of pyridine rings is 1. The molecule has 0 aliphatic heterocycles. The predicted molar refractivity (Wildman–Crippen MR) is 97.3 cm³/mol. The third-order valence-corrected chi connectivity index (χ3v) is 4.77. The van der Waals surface area contributed by atoms with Crippen LogP contribution in [0.1, 0.15) is 17.9 Å². The van der Waals surface area contributed by atoms with E-state index in [0.717, 1.165) is 12.0 Å². The molecule has 0 bridgehead atoms. The van der Waals surface area contributed by atoms with Gasteiger partial charge in [-0.05, 0) is 42.2 Å². The number of halogens is 2. The Labute approximate surface area is 154 Å². The van der Waals surface area contributed by atoms with Crippen LogP contribution in [0.15, 0.2) is 55.0 Å². The first-order valence-electron chi connectivity index (χ1n) is 7.84. The van der Waals surface area contributed by atoms with Crippen molar-refractivity contribution in [3.05, 3.63) is 70.6 Å². The molecule has 2 atom stereocenters. The molecule has 1 aliphatic carbocycles. The summed E-state index contributed by atoms with van der Waals surface area (Å²) in [6.45, 7) is 0. The monoisotopic (exact) mass is 372 g/mol. The summed E-state index contributed by atoms with van der Waals surface area (Å²) < 4.78 is 1.61. The third kappa shape index (κ3) is 3.38. The van der Waals surface area contributed by atoms with Gasteiger partial charge in [0, 0.05) is 35.6 Å². The van der Waals surface area contributed by atoms with E-state index in [2.05, 4.69) is 15.4 Å². The topological polar surface area (TPSA) is 59.8 Å². The number of aromatic nitrogens is 3. The zero-order valence-electron chi connectivity index (χ0n) is 13.1. The number of nitrogens with one attached hydrogen (secondary N) is 1. The zero-order chi connectivity index (χ0) is 17.4. The number of hydrogen-bond acceptors (Lipinski definition) is 3. The molecule has 1 fully saturated rings. The Morgan fingerprint density at radius 3 is 2.88 bits per heavy atom. The van der Waals surface area contributed by atoms with Gasteiger partial charge in [-0.1, -0.05) is 29.3 Å². The third-order valence-electron chi connectivity index (χ3n) is 4.24. The molecule has 5 nitrogen and oxygen atoms in total. The molecule has 3 aromatic rings. The van der Waals surface area contributed by atoms with Crippen molar-refractivity contribution < 1.29 is 4.79 Å². The van der Waals surface area contributed by atoms with Gasteiger partial charge in [0.2, 0.25) is 5.91 Å². The molecule has 1 aliphatic rings. The van der Waals surface area contributed by atoms with Crippen molar-refractivity contribution in [3.63, 3.8) is 0 Å². The summed E-state index contributed by atoms with van der Waals surface area (Å²) in [5.41, 5.74) is 1.80. The number of amides is 1. The molecule has 0 unspecified atom stereocenters. The van der Waals surface area contributed by atoms with Crippen molar-refractivity contribution in [2.24, 2.45) is 5.92 Å². The van der Waals surface area contributed by atoms with Crippen LogP contribution < -0.4 is 5.32 Å². The van der Waals surface area contributed by atoms with E-state index >= 15 is 0 Å². The molecular weight excluding hydrogens is 359 g/mol. The SMILES string of the molecule is O=C(Nc1ccn(-c2ccc(Cl)cc2Cl)n1)[C@@H]1C[C@H]1c1cccnc1. The van der Waals surface area contributed by atoms with Crippen molar-refractivity contribution in [2.75, 3.05) is 5.32 Å². The molecule has 25 heavy (non-hydrogen) atoms. The van der Waals surface area contributed by atoms with Gasteiger partial charge in [-0.2, -0.15) is 5.10 Å². The molecule has 1 aromatic carbocycles. The second kappa shape index (κ2) is 6.50. The number of carbonyl (C=O) groups excluding carboxylic acids is 1. The van der Waals surface area contributed by atoms with E-state index in [1.54, 1.807) is 41.3 Å². The van der Waals surface area contributed by atoms with E-state index in [0.29, 0.717) is 21.6 Å². The average molecular weight is 373 g/mol. The van der Waals surface area contributed by atoms with Crippen LogP contribution >= 0.6 is 23.2 Å². The number of benzene rings is 1. The Kier molecular flexibility index (Phi) is 4.19. The zero-order valence-corrected chi connectivity index (χ0v) is 14.6. The van der Waals surface area contributed by atoms with E-state index < -0.39 is 0 Å². The van der Waals surface area contributed by atoms with Crippen molar-refractivity contribution in [1.29, 1.82) is 0 Å². The molecule has 126 valence electrons. The minimum Gasteiger partial charge on any atom is -0.309 e. The first-order chi connectivity index (χ1) is 12.1. The van der Waals surface area contributed by atoms with Gasteiger partial charge in [-0.15, -0.1) is 0 Å². The number of carbonyl (C=O) groups is 1. The summed E-state index contributed by atoms with van der Waals surface area (Å²) in [6, 6.07) is 10.8. The lowest BCUT2D eigenvalue weighted by molar-refractivity contribution is -0.117. The van der Waals surface area contributed by atoms with Gasteiger partial charge >= 0.3 is 0 Å². The first-order valence-corrected chi connectivity index (χ1v) is 8.59. The van der Waals surface area contributed by atoms with Crippen LogP contribution in [-0.2, 0) is 4.79 Å². The van der Waals surface area contributed by atoms with Gasteiger partial charge in [-0.25, -0.2) is 4.68 Å². The Morgan fingerprint density at radius 2 is 2.12 bits per heavy atom.